The molecule has 0 fully saturated rings. The van der Waals surface area contributed by atoms with Gasteiger partial charge in [-0.25, -0.2) is 0 Å². The van der Waals surface area contributed by atoms with Crippen molar-refractivity contribution in [3.63, 3.8) is 0 Å². The van der Waals surface area contributed by atoms with E-state index in [0.717, 1.165) is 6.54 Å². The molecule has 0 aliphatic heterocycles. The Morgan fingerprint density at radius 1 is 1.00 bits per heavy atom. The van der Waals surface area contributed by atoms with E-state index in [2.05, 4.69) is 58.7 Å². The van der Waals surface area contributed by atoms with Gasteiger partial charge in [-0.2, -0.15) is 0 Å². The van der Waals surface area contributed by atoms with Crippen molar-refractivity contribution >= 4 is 21.4 Å². The van der Waals surface area contributed by atoms with Crippen molar-refractivity contribution in [2.75, 3.05) is 0 Å². The summed E-state index contributed by atoms with van der Waals surface area (Å²) in [4.78, 5) is 0. The van der Waals surface area contributed by atoms with Crippen LogP contribution in [0.5, 0.6) is 0 Å². The highest BCUT2D eigenvalue weighted by atomic mass is 32.1. The van der Waals surface area contributed by atoms with Gasteiger partial charge in [-0.3, -0.25) is 0 Å². The van der Waals surface area contributed by atoms with E-state index in [1.54, 1.807) is 0 Å². The number of fused-ring (bicyclic) bond motifs is 1. The van der Waals surface area contributed by atoms with Crippen LogP contribution in [0.2, 0.25) is 0 Å². The number of rotatable bonds is 2. The van der Waals surface area contributed by atoms with Crippen LogP contribution in [0.15, 0.2) is 54.2 Å². The highest BCUT2D eigenvalue weighted by Crippen LogP contribution is 2.26. The van der Waals surface area contributed by atoms with Crippen molar-refractivity contribution in [1.29, 1.82) is 0 Å². The van der Waals surface area contributed by atoms with E-state index in [4.69, 9.17) is 0 Å². The van der Waals surface area contributed by atoms with Crippen molar-refractivity contribution in [2.24, 2.45) is 0 Å². The van der Waals surface area contributed by atoms with Gasteiger partial charge in [0, 0.05) is 23.6 Å². The Hall–Kier alpha value is -1.54. The van der Waals surface area contributed by atoms with Gasteiger partial charge in [0.25, 0.3) is 0 Å². The maximum absolute atomic E-state index is 2.25. The minimum absolute atomic E-state index is 0.969. The predicted octanol–water partition coefficient (Wildman–Crippen LogP) is 3.75. The number of benzene rings is 1. The molecule has 0 unspecified atom stereocenters. The molecular weight excluding hydrogens is 202 g/mol. The van der Waals surface area contributed by atoms with Gasteiger partial charge in [0.2, 0.25) is 0 Å². The smallest absolute Gasteiger partial charge is 0.0484 e. The fourth-order valence-electron chi connectivity index (χ4n) is 1.83. The summed E-state index contributed by atoms with van der Waals surface area (Å²) in [5.74, 6) is 0. The maximum atomic E-state index is 2.25. The first-order chi connectivity index (χ1) is 7.43. The Bertz CT molecular complexity index is 563. The zero-order valence-electron chi connectivity index (χ0n) is 8.26. The molecule has 0 spiro atoms. The number of aromatic nitrogens is 1. The molecule has 0 bridgehead atoms. The third kappa shape index (κ3) is 1.57. The summed E-state index contributed by atoms with van der Waals surface area (Å²) in [6.07, 6.45) is 4.21. The van der Waals surface area contributed by atoms with Crippen molar-refractivity contribution < 1.29 is 0 Å². The van der Waals surface area contributed by atoms with Crippen LogP contribution in [0.25, 0.3) is 10.1 Å². The minimum atomic E-state index is 0.969. The van der Waals surface area contributed by atoms with Crippen LogP contribution in [0.3, 0.4) is 0 Å². The molecule has 2 heterocycles. The minimum Gasteiger partial charge on any atom is -0.350 e. The van der Waals surface area contributed by atoms with E-state index in [9.17, 15) is 0 Å². The van der Waals surface area contributed by atoms with E-state index in [1.807, 2.05) is 11.3 Å². The molecule has 2 heteroatoms. The van der Waals surface area contributed by atoms with Gasteiger partial charge < -0.3 is 4.57 Å². The van der Waals surface area contributed by atoms with Gasteiger partial charge in [-0.1, -0.05) is 18.2 Å². The van der Waals surface area contributed by atoms with Gasteiger partial charge in [0.05, 0.1) is 0 Å². The van der Waals surface area contributed by atoms with Crippen LogP contribution < -0.4 is 0 Å². The largest absolute Gasteiger partial charge is 0.350 e. The number of thiophene rings is 1. The van der Waals surface area contributed by atoms with E-state index in [1.165, 1.54) is 15.6 Å². The van der Waals surface area contributed by atoms with Crippen molar-refractivity contribution in [3.05, 3.63) is 59.7 Å². The summed E-state index contributed by atoms with van der Waals surface area (Å²) in [5.41, 5.74) is 1.41. The van der Waals surface area contributed by atoms with Gasteiger partial charge in [0.1, 0.15) is 0 Å². The normalized spacial score (nSPS) is 10.9. The quantitative estimate of drug-likeness (QED) is 0.611. The van der Waals surface area contributed by atoms with E-state index in [-0.39, 0.29) is 0 Å². The maximum Gasteiger partial charge on any atom is 0.0484 e. The molecule has 3 aromatic rings. The fraction of sp³-hybridized carbons (Fsp3) is 0.0769. The zero-order chi connectivity index (χ0) is 10.1. The molecule has 2 aromatic heterocycles. The molecule has 0 atom stereocenters. The first kappa shape index (κ1) is 8.74. The molecule has 0 saturated carbocycles. The van der Waals surface area contributed by atoms with Crippen LogP contribution in [-0.4, -0.2) is 4.57 Å². The third-order valence-corrected chi connectivity index (χ3v) is 3.59. The lowest BCUT2D eigenvalue weighted by molar-refractivity contribution is 0.814. The number of hydrogen-bond acceptors (Lipinski definition) is 1. The lowest BCUT2D eigenvalue weighted by atomic mass is 10.2. The van der Waals surface area contributed by atoms with Crippen LogP contribution in [0, 0.1) is 0 Å². The van der Waals surface area contributed by atoms with Gasteiger partial charge in [-0.05, 0) is 34.5 Å². The SMILES string of the molecule is c1ccc2c(Cn3cccc3)csc2c1. The predicted molar refractivity (Wildman–Crippen MR) is 65.4 cm³/mol. The van der Waals surface area contributed by atoms with E-state index >= 15 is 0 Å². The Kier molecular flexibility index (Phi) is 2.07. The molecule has 0 radical (unpaired) electrons. The number of nitrogens with zero attached hydrogens (tertiary/aromatic N) is 1. The molecule has 0 aliphatic rings. The van der Waals surface area contributed by atoms with Crippen LogP contribution in [-0.2, 0) is 6.54 Å². The fourth-order valence-corrected chi connectivity index (χ4v) is 2.78. The Labute approximate surface area is 92.6 Å². The van der Waals surface area contributed by atoms with Gasteiger partial charge >= 0.3 is 0 Å². The Balaban J connectivity index is 2.05. The molecule has 0 aliphatic carbocycles. The molecule has 0 N–H and O–H groups in total. The van der Waals surface area contributed by atoms with Crippen molar-refractivity contribution in [3.8, 4) is 0 Å². The molecular formula is C13H11NS. The second kappa shape index (κ2) is 3.55. The number of hydrogen-bond donors (Lipinski definition) is 0. The Morgan fingerprint density at radius 3 is 2.67 bits per heavy atom. The summed E-state index contributed by atoms with van der Waals surface area (Å²) in [5, 5.41) is 3.64. The monoisotopic (exact) mass is 213 g/mol. The van der Waals surface area contributed by atoms with Crippen LogP contribution >= 0.6 is 11.3 Å². The van der Waals surface area contributed by atoms with E-state index < -0.39 is 0 Å². The van der Waals surface area contributed by atoms with Crippen molar-refractivity contribution in [1.82, 2.24) is 4.57 Å². The Morgan fingerprint density at radius 2 is 1.80 bits per heavy atom. The summed E-state index contributed by atoms with van der Waals surface area (Å²) >= 11 is 1.82. The van der Waals surface area contributed by atoms with E-state index in [0.29, 0.717) is 0 Å². The van der Waals surface area contributed by atoms with Gasteiger partial charge in [-0.15, -0.1) is 11.3 Å². The summed E-state index contributed by atoms with van der Waals surface area (Å²) in [6, 6.07) is 12.7. The molecule has 3 rings (SSSR count). The summed E-state index contributed by atoms with van der Waals surface area (Å²) in [6.45, 7) is 0.969. The molecule has 1 aromatic carbocycles. The lowest BCUT2D eigenvalue weighted by Crippen LogP contribution is -1.94. The third-order valence-electron chi connectivity index (χ3n) is 2.58. The summed E-state index contributed by atoms with van der Waals surface area (Å²) in [7, 11) is 0. The lowest BCUT2D eigenvalue weighted by Gasteiger charge is -2.01. The highest BCUT2D eigenvalue weighted by molar-refractivity contribution is 7.17. The van der Waals surface area contributed by atoms with Crippen LogP contribution in [0.1, 0.15) is 5.56 Å². The first-order valence-corrected chi connectivity index (χ1v) is 5.87. The molecule has 1 nitrogen and oxygen atoms in total. The molecule has 15 heavy (non-hydrogen) atoms. The van der Waals surface area contributed by atoms with Crippen LogP contribution in [0.4, 0.5) is 0 Å². The molecule has 0 saturated heterocycles. The average molecular weight is 213 g/mol. The standard InChI is InChI=1S/C13H11NS/c1-2-6-13-12(5-1)11(10-15-13)9-14-7-3-4-8-14/h1-8,10H,9H2. The first-order valence-electron chi connectivity index (χ1n) is 4.99. The average Bonchev–Trinajstić information content (AvgIpc) is 2.89. The molecule has 74 valence electrons. The molecule has 0 amide bonds. The van der Waals surface area contributed by atoms with Crippen molar-refractivity contribution in [2.45, 2.75) is 6.54 Å². The second-order valence-electron chi connectivity index (χ2n) is 3.61. The topological polar surface area (TPSA) is 4.93 Å². The zero-order valence-corrected chi connectivity index (χ0v) is 9.08. The second-order valence-corrected chi connectivity index (χ2v) is 4.52. The van der Waals surface area contributed by atoms with Gasteiger partial charge in [0.15, 0.2) is 0 Å². The highest BCUT2D eigenvalue weighted by Gasteiger charge is 2.02. The summed E-state index contributed by atoms with van der Waals surface area (Å²) < 4.78 is 3.58.